The van der Waals surface area contributed by atoms with Crippen LogP contribution in [-0.2, 0) is 12.8 Å². The third kappa shape index (κ3) is 4.83. The number of hydrogen-bond donors (Lipinski definition) is 1. The lowest BCUT2D eigenvalue weighted by Crippen LogP contribution is -2.08. The highest BCUT2D eigenvalue weighted by Crippen LogP contribution is 2.34. The number of halogens is 1. The van der Waals surface area contributed by atoms with E-state index in [2.05, 4.69) is 35.8 Å². The molecular formula is C21H26BrN3. The average molecular weight is 400 g/mol. The fourth-order valence-corrected chi connectivity index (χ4v) is 3.52. The highest BCUT2D eigenvalue weighted by molar-refractivity contribution is 9.10. The largest absolute Gasteiger partial charge is 0.383 e. The molecule has 0 atom stereocenters. The lowest BCUT2D eigenvalue weighted by atomic mass is 9.91. The molecule has 0 radical (unpaired) electrons. The topological polar surface area (TPSA) is 62.7 Å². The highest BCUT2D eigenvalue weighted by Gasteiger charge is 2.19. The third-order valence-electron chi connectivity index (χ3n) is 4.43. The van der Waals surface area contributed by atoms with E-state index in [0.717, 1.165) is 59.0 Å². The van der Waals surface area contributed by atoms with E-state index in [1.807, 2.05) is 24.3 Å². The molecule has 0 aliphatic rings. The monoisotopic (exact) mass is 399 g/mol. The van der Waals surface area contributed by atoms with Crippen molar-refractivity contribution >= 4 is 21.7 Å². The molecule has 0 saturated heterocycles. The molecule has 2 N–H and O–H groups in total. The van der Waals surface area contributed by atoms with Gasteiger partial charge >= 0.3 is 0 Å². The number of aryl methyl sites for hydroxylation is 1. The lowest BCUT2D eigenvalue weighted by molar-refractivity contribution is 0.695. The van der Waals surface area contributed by atoms with Gasteiger partial charge in [0, 0.05) is 15.7 Å². The number of nitrogens with zero attached hydrogens (tertiary/aromatic N) is 2. The van der Waals surface area contributed by atoms with Gasteiger partial charge in [0.05, 0.1) is 5.56 Å². The van der Waals surface area contributed by atoms with Crippen molar-refractivity contribution in [3.8, 4) is 17.2 Å². The summed E-state index contributed by atoms with van der Waals surface area (Å²) in [6.45, 7) is 4.36. The maximum atomic E-state index is 9.90. The summed E-state index contributed by atoms with van der Waals surface area (Å²) in [6.07, 6.45) is 7.35. The predicted octanol–water partition coefficient (Wildman–Crippen LogP) is 6.04. The Balaban J connectivity index is 2.58. The second kappa shape index (κ2) is 9.58. The highest BCUT2D eigenvalue weighted by atomic mass is 79.9. The molecule has 0 aliphatic carbocycles. The van der Waals surface area contributed by atoms with Gasteiger partial charge < -0.3 is 5.73 Å². The molecule has 0 amide bonds. The molecule has 2 rings (SSSR count). The van der Waals surface area contributed by atoms with Crippen LogP contribution in [0.1, 0.15) is 62.8 Å². The fourth-order valence-electron chi connectivity index (χ4n) is 3.12. The summed E-state index contributed by atoms with van der Waals surface area (Å²) in [5.41, 5.74) is 10.8. The van der Waals surface area contributed by atoms with Crippen molar-refractivity contribution in [3.63, 3.8) is 0 Å². The first kappa shape index (κ1) is 19.5. The van der Waals surface area contributed by atoms with Crippen molar-refractivity contribution in [2.75, 3.05) is 5.73 Å². The quantitative estimate of drug-likeness (QED) is 0.550. The van der Waals surface area contributed by atoms with E-state index in [9.17, 15) is 5.26 Å². The average Bonchev–Trinajstić information content (AvgIpc) is 2.60. The lowest BCUT2D eigenvalue weighted by Gasteiger charge is -2.17. The molecule has 0 bridgehead atoms. The zero-order chi connectivity index (χ0) is 18.2. The fraction of sp³-hybridized carbons (Fsp3) is 0.429. The molecule has 25 heavy (non-hydrogen) atoms. The Morgan fingerprint density at radius 2 is 1.88 bits per heavy atom. The van der Waals surface area contributed by atoms with Crippen LogP contribution in [0, 0.1) is 11.3 Å². The van der Waals surface area contributed by atoms with Gasteiger partial charge in [0.2, 0.25) is 0 Å². The molecule has 1 heterocycles. The third-order valence-corrected chi connectivity index (χ3v) is 4.93. The van der Waals surface area contributed by atoms with Gasteiger partial charge in [0.1, 0.15) is 11.9 Å². The van der Waals surface area contributed by atoms with Gasteiger partial charge in [0.25, 0.3) is 0 Å². The van der Waals surface area contributed by atoms with Gasteiger partial charge in [-0.1, -0.05) is 61.2 Å². The first-order chi connectivity index (χ1) is 12.1. The van der Waals surface area contributed by atoms with Gasteiger partial charge in [-0.2, -0.15) is 5.26 Å². The van der Waals surface area contributed by atoms with Gasteiger partial charge in [-0.15, -0.1) is 0 Å². The maximum absolute atomic E-state index is 9.90. The van der Waals surface area contributed by atoms with E-state index >= 15 is 0 Å². The summed E-state index contributed by atoms with van der Waals surface area (Å²) in [7, 11) is 0. The van der Waals surface area contributed by atoms with E-state index in [0.29, 0.717) is 11.4 Å². The first-order valence-electron chi connectivity index (χ1n) is 9.09. The van der Waals surface area contributed by atoms with Crippen LogP contribution < -0.4 is 5.73 Å². The smallest absolute Gasteiger partial charge is 0.132 e. The number of hydrogen-bond acceptors (Lipinski definition) is 3. The molecule has 4 heteroatoms. The summed E-state index contributed by atoms with van der Waals surface area (Å²) >= 11 is 3.50. The van der Waals surface area contributed by atoms with Gasteiger partial charge in [-0.3, -0.25) is 0 Å². The van der Waals surface area contributed by atoms with Crippen LogP contribution in [0.3, 0.4) is 0 Å². The maximum Gasteiger partial charge on any atom is 0.132 e. The summed E-state index contributed by atoms with van der Waals surface area (Å²) < 4.78 is 0.968. The summed E-state index contributed by atoms with van der Waals surface area (Å²) in [6, 6.07) is 10.3. The van der Waals surface area contributed by atoms with Crippen molar-refractivity contribution in [3.05, 3.63) is 45.6 Å². The Morgan fingerprint density at radius 1 is 1.12 bits per heavy atom. The van der Waals surface area contributed by atoms with Crippen molar-refractivity contribution in [2.45, 2.75) is 58.8 Å². The van der Waals surface area contributed by atoms with Crippen molar-refractivity contribution in [2.24, 2.45) is 0 Å². The number of pyridine rings is 1. The second-order valence-corrected chi connectivity index (χ2v) is 7.27. The van der Waals surface area contributed by atoms with Crippen LogP contribution >= 0.6 is 15.9 Å². The number of benzene rings is 1. The second-order valence-electron chi connectivity index (χ2n) is 6.36. The molecule has 2 aromatic rings. The minimum Gasteiger partial charge on any atom is -0.383 e. The number of anilines is 1. The number of rotatable bonds is 8. The van der Waals surface area contributed by atoms with Crippen molar-refractivity contribution in [1.82, 2.24) is 4.98 Å². The Kier molecular flexibility index (Phi) is 7.46. The van der Waals surface area contributed by atoms with E-state index in [4.69, 9.17) is 10.7 Å². The van der Waals surface area contributed by atoms with Crippen molar-refractivity contribution < 1.29 is 0 Å². The van der Waals surface area contributed by atoms with Crippen LogP contribution in [0.5, 0.6) is 0 Å². The molecule has 1 aromatic heterocycles. The van der Waals surface area contributed by atoms with Crippen LogP contribution in [0.25, 0.3) is 11.1 Å². The Labute approximate surface area is 159 Å². The number of nitrogen functional groups attached to an aromatic ring is 1. The minimum absolute atomic E-state index is 0.460. The summed E-state index contributed by atoms with van der Waals surface area (Å²) in [5, 5.41) is 9.90. The van der Waals surface area contributed by atoms with Crippen LogP contribution in [0.15, 0.2) is 28.7 Å². The Morgan fingerprint density at radius 3 is 2.52 bits per heavy atom. The summed E-state index contributed by atoms with van der Waals surface area (Å²) in [5.74, 6) is 0.460. The van der Waals surface area contributed by atoms with Gasteiger partial charge in [-0.05, 0) is 48.9 Å². The number of unbranched alkanes of at least 4 members (excludes halogenated alkanes) is 3. The SMILES string of the molecule is CCCCCc1nc(N)c(-c2cccc(Br)c2)c(C#N)c1CCCC. The Hall–Kier alpha value is -1.86. The predicted molar refractivity (Wildman–Crippen MR) is 108 cm³/mol. The van der Waals surface area contributed by atoms with E-state index in [-0.39, 0.29) is 0 Å². The molecule has 0 fully saturated rings. The molecule has 0 spiro atoms. The van der Waals surface area contributed by atoms with E-state index < -0.39 is 0 Å². The zero-order valence-corrected chi connectivity index (χ0v) is 16.7. The number of nitrogens with two attached hydrogens (primary N) is 1. The van der Waals surface area contributed by atoms with E-state index in [1.54, 1.807) is 0 Å². The number of aromatic nitrogens is 1. The molecule has 0 saturated carbocycles. The molecule has 132 valence electrons. The molecule has 0 unspecified atom stereocenters. The summed E-state index contributed by atoms with van der Waals surface area (Å²) in [4.78, 5) is 4.72. The normalized spacial score (nSPS) is 10.6. The Bertz CT molecular complexity index is 762. The molecule has 3 nitrogen and oxygen atoms in total. The van der Waals surface area contributed by atoms with E-state index in [1.165, 1.54) is 12.8 Å². The van der Waals surface area contributed by atoms with Crippen LogP contribution in [-0.4, -0.2) is 4.98 Å². The number of nitriles is 1. The first-order valence-corrected chi connectivity index (χ1v) is 9.88. The van der Waals surface area contributed by atoms with Crippen LogP contribution in [0.4, 0.5) is 5.82 Å². The molecule has 1 aromatic carbocycles. The van der Waals surface area contributed by atoms with Crippen LogP contribution in [0.2, 0.25) is 0 Å². The van der Waals surface area contributed by atoms with Crippen molar-refractivity contribution in [1.29, 1.82) is 5.26 Å². The standard InChI is InChI=1S/C21H26BrN3/c1-3-5-7-12-19-17(11-6-4-2)18(14-23)20(21(24)25-19)15-9-8-10-16(22)13-15/h8-10,13H,3-7,11-12H2,1-2H3,(H2,24,25). The minimum atomic E-state index is 0.460. The molecular weight excluding hydrogens is 374 g/mol. The van der Waals surface area contributed by atoms with Gasteiger partial charge in [-0.25, -0.2) is 4.98 Å². The molecule has 0 aliphatic heterocycles. The van der Waals surface area contributed by atoms with Gasteiger partial charge in [0.15, 0.2) is 0 Å². The zero-order valence-electron chi connectivity index (χ0n) is 15.1.